The Balaban J connectivity index is 1.22. The van der Waals surface area contributed by atoms with Crippen LogP contribution in [0.2, 0.25) is 0 Å². The topological polar surface area (TPSA) is 106 Å². The Hall–Kier alpha value is -4.08. The molecule has 10 heteroatoms. The molecule has 0 saturated carbocycles. The molecule has 1 amide bonds. The number of amides is 1. The van der Waals surface area contributed by atoms with Gasteiger partial charge >= 0.3 is 0 Å². The third-order valence-corrected chi connectivity index (χ3v) is 5.43. The normalized spacial score (nSPS) is 14.1. The highest BCUT2D eigenvalue weighted by Gasteiger charge is 2.25. The number of anilines is 1. The van der Waals surface area contributed by atoms with Gasteiger partial charge in [0.2, 0.25) is 0 Å². The summed E-state index contributed by atoms with van der Waals surface area (Å²) in [6.45, 7) is 6.38. The molecule has 0 aromatic carbocycles. The maximum absolute atomic E-state index is 12.9. The molecule has 32 heavy (non-hydrogen) atoms. The zero-order valence-electron chi connectivity index (χ0n) is 17.8. The van der Waals surface area contributed by atoms with E-state index in [1.54, 1.807) is 28.0 Å². The molecule has 0 unspecified atom stereocenters. The number of aromatic nitrogens is 6. The van der Waals surface area contributed by atoms with E-state index in [-0.39, 0.29) is 5.91 Å². The zero-order valence-corrected chi connectivity index (χ0v) is 17.8. The zero-order chi connectivity index (χ0) is 22.1. The lowest BCUT2D eigenvalue weighted by Gasteiger charge is -2.34. The van der Waals surface area contributed by atoms with Crippen LogP contribution in [0.15, 0.2) is 53.3 Å². The van der Waals surface area contributed by atoms with Crippen molar-refractivity contribution >= 4 is 11.7 Å². The molecule has 0 N–H and O–H groups in total. The maximum Gasteiger partial charge on any atom is 0.276 e. The second-order valence-corrected chi connectivity index (χ2v) is 7.69. The van der Waals surface area contributed by atoms with E-state index in [0.29, 0.717) is 43.5 Å². The first-order valence-corrected chi connectivity index (χ1v) is 10.4. The summed E-state index contributed by atoms with van der Waals surface area (Å²) in [5, 5.41) is 17.1. The lowest BCUT2D eigenvalue weighted by molar-refractivity contribution is 0.0736. The van der Waals surface area contributed by atoms with Crippen molar-refractivity contribution in [1.82, 2.24) is 35.0 Å². The smallest absolute Gasteiger partial charge is 0.276 e. The van der Waals surface area contributed by atoms with Crippen LogP contribution in [0.25, 0.3) is 17.1 Å². The van der Waals surface area contributed by atoms with E-state index in [1.807, 2.05) is 44.2 Å². The van der Waals surface area contributed by atoms with Gasteiger partial charge in [-0.25, -0.2) is 4.68 Å². The molecule has 5 rings (SSSR count). The molecule has 162 valence electrons. The molecule has 4 aromatic heterocycles. The summed E-state index contributed by atoms with van der Waals surface area (Å²) in [6.07, 6.45) is 3.36. The fourth-order valence-corrected chi connectivity index (χ4v) is 3.78. The Kier molecular flexibility index (Phi) is 5.10. The molecular formula is C22H22N8O2. The fourth-order valence-electron chi connectivity index (χ4n) is 3.78. The first-order chi connectivity index (χ1) is 15.6. The SMILES string of the molecule is Cc1cc(C)n(-c2ccc(N3CCN(C(=O)c4cc(-c5cccnc5)on4)CC3)nn2)n1. The molecule has 0 atom stereocenters. The Morgan fingerprint density at radius 1 is 1.00 bits per heavy atom. The Morgan fingerprint density at radius 3 is 2.44 bits per heavy atom. The molecule has 10 nitrogen and oxygen atoms in total. The van der Waals surface area contributed by atoms with Crippen molar-refractivity contribution in [2.45, 2.75) is 13.8 Å². The Labute approximate surface area is 184 Å². The summed E-state index contributed by atoms with van der Waals surface area (Å²) in [5.41, 5.74) is 3.03. The van der Waals surface area contributed by atoms with Gasteiger partial charge in [0.15, 0.2) is 23.1 Å². The summed E-state index contributed by atoms with van der Waals surface area (Å²) < 4.78 is 7.12. The van der Waals surface area contributed by atoms with E-state index in [9.17, 15) is 4.79 Å². The van der Waals surface area contributed by atoms with Crippen LogP contribution in [0.5, 0.6) is 0 Å². The molecule has 1 aliphatic heterocycles. The molecule has 0 radical (unpaired) electrons. The summed E-state index contributed by atoms with van der Waals surface area (Å²) in [7, 11) is 0. The van der Waals surface area contributed by atoms with Gasteiger partial charge in [-0.05, 0) is 44.2 Å². The monoisotopic (exact) mass is 430 g/mol. The molecule has 1 saturated heterocycles. The quantitative estimate of drug-likeness (QED) is 0.486. The predicted molar refractivity (Wildman–Crippen MR) is 116 cm³/mol. The van der Waals surface area contributed by atoms with Gasteiger partial charge in [-0.3, -0.25) is 9.78 Å². The highest BCUT2D eigenvalue weighted by atomic mass is 16.5. The minimum Gasteiger partial charge on any atom is -0.355 e. The highest BCUT2D eigenvalue weighted by Crippen LogP contribution is 2.21. The van der Waals surface area contributed by atoms with Gasteiger partial charge in [0.05, 0.1) is 5.69 Å². The van der Waals surface area contributed by atoms with Gasteiger partial charge in [0, 0.05) is 55.9 Å². The first-order valence-electron chi connectivity index (χ1n) is 10.4. The van der Waals surface area contributed by atoms with Crippen molar-refractivity contribution in [1.29, 1.82) is 0 Å². The number of piperazine rings is 1. The lowest BCUT2D eigenvalue weighted by Crippen LogP contribution is -2.49. The molecule has 5 heterocycles. The number of pyridine rings is 1. The van der Waals surface area contributed by atoms with Crippen LogP contribution in [0.1, 0.15) is 21.9 Å². The summed E-state index contributed by atoms with van der Waals surface area (Å²) in [4.78, 5) is 20.8. The van der Waals surface area contributed by atoms with Crippen LogP contribution in [-0.2, 0) is 0 Å². The largest absolute Gasteiger partial charge is 0.355 e. The van der Waals surface area contributed by atoms with Gasteiger partial charge in [0.1, 0.15) is 0 Å². The van der Waals surface area contributed by atoms with E-state index in [4.69, 9.17) is 4.52 Å². The number of hydrogen-bond donors (Lipinski definition) is 0. The number of carbonyl (C=O) groups is 1. The minimum atomic E-state index is -0.144. The van der Waals surface area contributed by atoms with Gasteiger partial charge < -0.3 is 14.3 Å². The second kappa shape index (κ2) is 8.22. The Morgan fingerprint density at radius 2 is 1.78 bits per heavy atom. The van der Waals surface area contributed by atoms with Crippen molar-refractivity contribution in [3.8, 4) is 17.1 Å². The maximum atomic E-state index is 12.9. The average Bonchev–Trinajstić information content (AvgIpc) is 3.46. The van der Waals surface area contributed by atoms with Crippen LogP contribution in [0.3, 0.4) is 0 Å². The molecule has 0 bridgehead atoms. The molecule has 4 aromatic rings. The predicted octanol–water partition coefficient (Wildman–Crippen LogP) is 2.29. The number of aryl methyl sites for hydroxylation is 2. The van der Waals surface area contributed by atoms with Gasteiger partial charge in [-0.1, -0.05) is 5.16 Å². The first kappa shape index (κ1) is 19.9. The molecule has 0 aliphatic carbocycles. The molecular weight excluding hydrogens is 408 g/mol. The van der Waals surface area contributed by atoms with E-state index < -0.39 is 0 Å². The minimum absolute atomic E-state index is 0.144. The standard InChI is InChI=1S/C22H22N8O2/c1-15-12-16(2)30(26-15)21-6-5-20(24-25-21)28-8-10-29(11-9-28)22(31)18-13-19(32-27-18)17-4-3-7-23-14-17/h3-7,12-14H,8-11H2,1-2H3. The number of hydrogen-bond acceptors (Lipinski definition) is 8. The van der Waals surface area contributed by atoms with Gasteiger partial charge in [0.25, 0.3) is 5.91 Å². The van der Waals surface area contributed by atoms with Crippen LogP contribution >= 0.6 is 0 Å². The number of carbonyl (C=O) groups excluding carboxylic acids is 1. The fraction of sp³-hybridized carbons (Fsp3) is 0.273. The molecule has 0 spiro atoms. The summed E-state index contributed by atoms with van der Waals surface area (Å²) in [6, 6.07) is 11.2. The number of rotatable bonds is 4. The van der Waals surface area contributed by atoms with Crippen molar-refractivity contribution < 1.29 is 9.32 Å². The van der Waals surface area contributed by atoms with Crippen LogP contribution in [0, 0.1) is 13.8 Å². The molecule has 1 aliphatic rings. The van der Waals surface area contributed by atoms with Crippen molar-refractivity contribution in [3.63, 3.8) is 0 Å². The summed E-state index contributed by atoms with van der Waals surface area (Å²) in [5.74, 6) is 1.85. The Bertz CT molecular complexity index is 1220. The summed E-state index contributed by atoms with van der Waals surface area (Å²) >= 11 is 0. The third-order valence-electron chi connectivity index (χ3n) is 5.43. The van der Waals surface area contributed by atoms with E-state index in [0.717, 1.165) is 22.8 Å². The highest BCUT2D eigenvalue weighted by molar-refractivity contribution is 5.93. The molecule has 1 fully saturated rings. The van der Waals surface area contributed by atoms with Crippen LogP contribution in [0.4, 0.5) is 5.82 Å². The van der Waals surface area contributed by atoms with Crippen molar-refractivity contribution in [2.24, 2.45) is 0 Å². The van der Waals surface area contributed by atoms with E-state index in [1.165, 1.54) is 0 Å². The average molecular weight is 430 g/mol. The second-order valence-electron chi connectivity index (χ2n) is 7.69. The number of nitrogens with zero attached hydrogens (tertiary/aromatic N) is 8. The lowest BCUT2D eigenvalue weighted by atomic mass is 10.2. The van der Waals surface area contributed by atoms with E-state index >= 15 is 0 Å². The van der Waals surface area contributed by atoms with Crippen molar-refractivity contribution in [2.75, 3.05) is 31.1 Å². The third kappa shape index (κ3) is 3.82. The van der Waals surface area contributed by atoms with E-state index in [2.05, 4.69) is 30.3 Å². The van der Waals surface area contributed by atoms with Gasteiger partial charge in [-0.2, -0.15) is 5.10 Å². The van der Waals surface area contributed by atoms with Crippen LogP contribution in [-0.4, -0.2) is 67.1 Å². The van der Waals surface area contributed by atoms with Gasteiger partial charge in [-0.15, -0.1) is 10.2 Å². The van der Waals surface area contributed by atoms with Crippen LogP contribution < -0.4 is 4.90 Å². The van der Waals surface area contributed by atoms with Crippen molar-refractivity contribution in [3.05, 3.63) is 65.9 Å².